The van der Waals surface area contributed by atoms with E-state index in [-0.39, 0.29) is 5.97 Å². The summed E-state index contributed by atoms with van der Waals surface area (Å²) in [7, 11) is 0. The van der Waals surface area contributed by atoms with Gasteiger partial charge in [-0.15, -0.1) is 0 Å². The third-order valence-corrected chi connectivity index (χ3v) is 2.97. The molecule has 0 heterocycles. The van der Waals surface area contributed by atoms with E-state index in [2.05, 4.69) is 13.5 Å². The van der Waals surface area contributed by atoms with Gasteiger partial charge in [0.25, 0.3) is 0 Å². The molecule has 18 heavy (non-hydrogen) atoms. The molecule has 0 saturated carbocycles. The molecule has 0 spiro atoms. The van der Waals surface area contributed by atoms with Crippen molar-refractivity contribution in [2.45, 2.75) is 33.6 Å². The van der Waals surface area contributed by atoms with Crippen LogP contribution in [0.25, 0.3) is 0 Å². The van der Waals surface area contributed by atoms with Gasteiger partial charge in [-0.05, 0) is 37.5 Å². The normalized spacial score (nSPS) is 12.8. The molecule has 0 amide bonds. The second-order valence-corrected chi connectivity index (χ2v) is 4.56. The van der Waals surface area contributed by atoms with Crippen LogP contribution in [0.5, 0.6) is 0 Å². The highest BCUT2D eigenvalue weighted by Gasteiger charge is 1.98. The third-order valence-electron chi connectivity index (χ3n) is 2.23. The van der Waals surface area contributed by atoms with Crippen LogP contribution in [0.2, 0.25) is 0 Å². The summed E-state index contributed by atoms with van der Waals surface area (Å²) in [6.07, 6.45) is 11.0. The van der Waals surface area contributed by atoms with Gasteiger partial charge in [-0.25, -0.2) is 4.79 Å². The molecule has 0 rings (SSSR count). The fourth-order valence-corrected chi connectivity index (χ4v) is 1.77. The first kappa shape index (κ1) is 16.8. The van der Waals surface area contributed by atoms with Gasteiger partial charge in [0.2, 0.25) is 0 Å². The number of carbonyl (C=O) groups is 1. The Kier molecular flexibility index (Phi) is 10.2. The molecule has 0 aliphatic carbocycles. The third kappa shape index (κ3) is 7.96. The Morgan fingerprint density at radius 3 is 2.61 bits per heavy atom. The lowest BCUT2D eigenvalue weighted by molar-refractivity contribution is -0.127. The Morgan fingerprint density at radius 2 is 2.06 bits per heavy atom. The number of hydrogen-bond acceptors (Lipinski definition) is 3. The second kappa shape index (κ2) is 10.9. The fraction of sp³-hybridized carbons (Fsp3) is 0.400. The summed E-state index contributed by atoms with van der Waals surface area (Å²) in [5, 5.41) is 0. The summed E-state index contributed by atoms with van der Waals surface area (Å²) < 4.78 is 5.00. The maximum Gasteiger partial charge on any atom is 0.342 e. The molecule has 0 radical (unpaired) electrons. The van der Waals surface area contributed by atoms with Gasteiger partial charge in [-0.1, -0.05) is 38.2 Å². The van der Waals surface area contributed by atoms with Crippen LogP contribution < -0.4 is 0 Å². The van der Waals surface area contributed by atoms with Gasteiger partial charge in [-0.2, -0.15) is 0 Å². The van der Waals surface area contributed by atoms with E-state index in [1.165, 1.54) is 18.1 Å². The van der Waals surface area contributed by atoms with Gasteiger partial charge in [0.1, 0.15) is 0 Å². The van der Waals surface area contributed by atoms with Crippen molar-refractivity contribution in [1.29, 1.82) is 0 Å². The van der Waals surface area contributed by atoms with E-state index in [0.29, 0.717) is 0 Å². The highest BCUT2D eigenvalue weighted by Crippen LogP contribution is 2.11. The van der Waals surface area contributed by atoms with E-state index in [0.717, 1.165) is 29.7 Å². The predicted octanol–water partition coefficient (Wildman–Crippen LogP) is 4.61. The maximum atomic E-state index is 11.4. The molecule has 0 unspecified atom stereocenters. The molecule has 0 aliphatic heterocycles. The van der Waals surface area contributed by atoms with Crippen LogP contribution in [-0.2, 0) is 8.98 Å². The fourth-order valence-electron chi connectivity index (χ4n) is 1.10. The molecule has 0 aliphatic rings. The Balaban J connectivity index is 4.33. The van der Waals surface area contributed by atoms with Crippen LogP contribution in [0, 0.1) is 0 Å². The molecule has 0 N–H and O–H groups in total. The second-order valence-electron chi connectivity index (χ2n) is 3.75. The van der Waals surface area contributed by atoms with E-state index in [1.807, 2.05) is 26.0 Å². The summed E-state index contributed by atoms with van der Waals surface area (Å²) in [6, 6.07) is 0. The molecular weight excluding hydrogens is 244 g/mol. The van der Waals surface area contributed by atoms with Gasteiger partial charge in [0.05, 0.1) is 12.0 Å². The van der Waals surface area contributed by atoms with Gasteiger partial charge in [-0.3, -0.25) is 0 Å². The summed E-state index contributed by atoms with van der Waals surface area (Å²) in [4.78, 5) is 11.4. The largest absolute Gasteiger partial charge is 0.388 e. The first-order valence-electron chi connectivity index (χ1n) is 6.13. The van der Waals surface area contributed by atoms with Crippen LogP contribution in [0.15, 0.2) is 48.1 Å². The standard InChI is InChI=1S/C15H22O2S/c1-5-8-12-18-17-15(16)11-10-14(9-6-2)13(4)7-3/h6-7,9-11H,3,5,8,12H2,1-2,4H3/b9-6-,11-10+,14-13+. The zero-order chi connectivity index (χ0) is 13.8. The van der Waals surface area contributed by atoms with Crippen molar-refractivity contribution in [2.75, 3.05) is 5.75 Å². The smallest absolute Gasteiger partial charge is 0.342 e. The monoisotopic (exact) mass is 266 g/mol. The van der Waals surface area contributed by atoms with E-state index >= 15 is 0 Å². The van der Waals surface area contributed by atoms with Crippen LogP contribution in [-0.4, -0.2) is 11.7 Å². The summed E-state index contributed by atoms with van der Waals surface area (Å²) >= 11 is 1.21. The summed E-state index contributed by atoms with van der Waals surface area (Å²) in [6.45, 7) is 9.71. The molecule has 0 aromatic heterocycles. The minimum Gasteiger partial charge on any atom is -0.388 e. The molecule has 100 valence electrons. The van der Waals surface area contributed by atoms with Gasteiger partial charge in [0, 0.05) is 11.8 Å². The van der Waals surface area contributed by atoms with Crippen molar-refractivity contribution >= 4 is 18.0 Å². The van der Waals surface area contributed by atoms with E-state index < -0.39 is 0 Å². The summed E-state index contributed by atoms with van der Waals surface area (Å²) in [5.74, 6) is 0.522. The lowest BCUT2D eigenvalue weighted by Gasteiger charge is -2.00. The summed E-state index contributed by atoms with van der Waals surface area (Å²) in [5.41, 5.74) is 1.98. The maximum absolute atomic E-state index is 11.4. The lowest BCUT2D eigenvalue weighted by atomic mass is 10.1. The van der Waals surface area contributed by atoms with Gasteiger partial charge >= 0.3 is 5.97 Å². The van der Waals surface area contributed by atoms with Crippen molar-refractivity contribution in [3.63, 3.8) is 0 Å². The quantitative estimate of drug-likeness (QED) is 0.278. The molecule has 0 saturated heterocycles. The first-order valence-corrected chi connectivity index (χ1v) is 7.04. The highest BCUT2D eigenvalue weighted by atomic mass is 32.2. The number of allylic oxidation sites excluding steroid dienone is 6. The zero-order valence-electron chi connectivity index (χ0n) is 11.4. The number of hydrogen-bond donors (Lipinski definition) is 0. The Labute approximate surface area is 115 Å². The molecule has 0 fully saturated rings. The van der Waals surface area contributed by atoms with Gasteiger partial charge < -0.3 is 4.18 Å². The van der Waals surface area contributed by atoms with E-state index in [4.69, 9.17) is 4.18 Å². The average Bonchev–Trinajstić information content (AvgIpc) is 2.38. The predicted molar refractivity (Wildman–Crippen MR) is 80.3 cm³/mol. The highest BCUT2D eigenvalue weighted by molar-refractivity contribution is 7.95. The van der Waals surface area contributed by atoms with Crippen LogP contribution >= 0.6 is 12.0 Å². The minimum absolute atomic E-state index is 0.324. The minimum atomic E-state index is -0.324. The number of unbranched alkanes of at least 4 members (excludes halogenated alkanes) is 1. The lowest BCUT2D eigenvalue weighted by Crippen LogP contribution is -1.94. The first-order chi connectivity index (χ1) is 8.65. The van der Waals surface area contributed by atoms with E-state index in [9.17, 15) is 4.79 Å². The van der Waals surface area contributed by atoms with Crippen molar-refractivity contribution in [2.24, 2.45) is 0 Å². The van der Waals surface area contributed by atoms with Crippen LogP contribution in [0.3, 0.4) is 0 Å². The van der Waals surface area contributed by atoms with Crippen molar-refractivity contribution in [3.05, 3.63) is 48.1 Å². The Hall–Kier alpha value is -1.22. The Bertz CT molecular complexity index is 352. The molecule has 3 heteroatoms. The van der Waals surface area contributed by atoms with Crippen molar-refractivity contribution in [1.82, 2.24) is 0 Å². The van der Waals surface area contributed by atoms with Crippen LogP contribution in [0.4, 0.5) is 0 Å². The Morgan fingerprint density at radius 1 is 1.33 bits per heavy atom. The van der Waals surface area contributed by atoms with Crippen LogP contribution in [0.1, 0.15) is 33.6 Å². The SMILES string of the molecule is C=C/C(C)=C(\C=C/C)/C=C/C(=O)OSCCCC. The number of rotatable bonds is 8. The molecule has 0 atom stereocenters. The average molecular weight is 266 g/mol. The molecule has 2 nitrogen and oxygen atoms in total. The molecular formula is C15H22O2S. The molecule has 0 aromatic rings. The van der Waals surface area contributed by atoms with E-state index in [1.54, 1.807) is 12.2 Å². The van der Waals surface area contributed by atoms with Crippen molar-refractivity contribution in [3.8, 4) is 0 Å². The zero-order valence-corrected chi connectivity index (χ0v) is 12.3. The number of carbonyl (C=O) groups excluding carboxylic acids is 1. The molecule has 0 bridgehead atoms. The molecule has 0 aromatic carbocycles. The van der Waals surface area contributed by atoms with Gasteiger partial charge in [0.15, 0.2) is 0 Å². The van der Waals surface area contributed by atoms with Crippen molar-refractivity contribution < 1.29 is 8.98 Å². The topological polar surface area (TPSA) is 26.3 Å².